The third kappa shape index (κ3) is 3.69. The lowest BCUT2D eigenvalue weighted by Gasteiger charge is -2.37. The van der Waals surface area contributed by atoms with Crippen LogP contribution in [0.25, 0.3) is 0 Å². The van der Waals surface area contributed by atoms with E-state index in [1.165, 1.54) is 19.1 Å². The van der Waals surface area contributed by atoms with Crippen molar-refractivity contribution in [3.05, 3.63) is 18.2 Å². The first kappa shape index (κ1) is 17.5. The minimum absolute atomic E-state index is 0.385. The predicted octanol–water partition coefficient (Wildman–Crippen LogP) is 1.01. The molecule has 1 aromatic carbocycles. The third-order valence-electron chi connectivity index (χ3n) is 4.48. The molecule has 2 saturated heterocycles. The van der Waals surface area contributed by atoms with Gasteiger partial charge in [0.2, 0.25) is 0 Å². The molecule has 8 nitrogen and oxygen atoms in total. The van der Waals surface area contributed by atoms with Gasteiger partial charge in [-0.2, -0.15) is 0 Å². The van der Waals surface area contributed by atoms with Crippen LogP contribution in [0.1, 0.15) is 12.8 Å². The molecule has 0 saturated carbocycles. The van der Waals surface area contributed by atoms with Gasteiger partial charge in [-0.1, -0.05) is 0 Å². The Labute approximate surface area is 146 Å². The number of likely N-dealkylation sites (tertiary alicyclic amines) is 1. The number of amides is 2. The molecule has 0 aliphatic carbocycles. The zero-order valence-electron chi connectivity index (χ0n) is 14.4. The largest absolute Gasteiger partial charge is 0.497 e. The highest BCUT2D eigenvalue weighted by Gasteiger charge is 2.41. The van der Waals surface area contributed by atoms with Gasteiger partial charge in [0.05, 0.1) is 33.1 Å². The van der Waals surface area contributed by atoms with Crippen molar-refractivity contribution in [2.75, 3.05) is 45.8 Å². The summed E-state index contributed by atoms with van der Waals surface area (Å²) in [7, 11) is 3.01. The molecule has 1 aromatic rings. The van der Waals surface area contributed by atoms with Gasteiger partial charge >= 0.3 is 11.8 Å². The van der Waals surface area contributed by atoms with E-state index < -0.39 is 17.6 Å². The minimum Gasteiger partial charge on any atom is -0.497 e. The molecule has 2 fully saturated rings. The molecule has 8 heteroatoms. The Morgan fingerprint density at radius 2 is 1.80 bits per heavy atom. The van der Waals surface area contributed by atoms with E-state index in [-0.39, 0.29) is 0 Å². The van der Waals surface area contributed by atoms with Crippen molar-refractivity contribution >= 4 is 17.5 Å². The molecule has 2 amide bonds. The molecule has 2 heterocycles. The van der Waals surface area contributed by atoms with Crippen molar-refractivity contribution in [1.29, 1.82) is 0 Å². The van der Waals surface area contributed by atoms with E-state index in [1.807, 2.05) is 0 Å². The SMILES string of the molecule is COc1ccc(OC)c(NC(=O)C(=O)N2CCC3(CC2)OCCO3)c1. The van der Waals surface area contributed by atoms with Crippen LogP contribution in [-0.2, 0) is 19.1 Å². The number of hydrogen-bond donors (Lipinski definition) is 1. The second-order valence-electron chi connectivity index (χ2n) is 5.92. The molecule has 1 spiro atoms. The van der Waals surface area contributed by atoms with Crippen LogP contribution in [0.3, 0.4) is 0 Å². The minimum atomic E-state index is -0.712. The number of ether oxygens (including phenoxy) is 4. The summed E-state index contributed by atoms with van der Waals surface area (Å²) in [5.74, 6) is -0.872. The van der Waals surface area contributed by atoms with Gasteiger partial charge in [0, 0.05) is 32.0 Å². The van der Waals surface area contributed by atoms with E-state index in [1.54, 1.807) is 18.2 Å². The molecule has 25 heavy (non-hydrogen) atoms. The molecule has 0 atom stereocenters. The van der Waals surface area contributed by atoms with E-state index in [4.69, 9.17) is 18.9 Å². The van der Waals surface area contributed by atoms with Crippen LogP contribution in [0, 0.1) is 0 Å². The van der Waals surface area contributed by atoms with Gasteiger partial charge < -0.3 is 29.2 Å². The van der Waals surface area contributed by atoms with E-state index in [0.717, 1.165) is 0 Å². The maximum Gasteiger partial charge on any atom is 0.314 e. The fourth-order valence-electron chi connectivity index (χ4n) is 3.07. The average molecular weight is 350 g/mol. The predicted molar refractivity (Wildman–Crippen MR) is 88.6 cm³/mol. The normalized spacial score (nSPS) is 18.9. The number of hydrogen-bond acceptors (Lipinski definition) is 6. The van der Waals surface area contributed by atoms with Gasteiger partial charge in [-0.25, -0.2) is 0 Å². The number of carbonyl (C=O) groups is 2. The van der Waals surface area contributed by atoms with Crippen LogP contribution < -0.4 is 14.8 Å². The van der Waals surface area contributed by atoms with Gasteiger partial charge in [0.25, 0.3) is 0 Å². The Kier molecular flexibility index (Phi) is 5.10. The number of benzene rings is 1. The summed E-state index contributed by atoms with van der Waals surface area (Å²) in [6.45, 7) is 1.98. The Balaban J connectivity index is 1.62. The third-order valence-corrected chi connectivity index (χ3v) is 4.48. The summed E-state index contributed by atoms with van der Waals surface area (Å²) in [6, 6.07) is 4.98. The smallest absolute Gasteiger partial charge is 0.314 e. The Morgan fingerprint density at radius 3 is 2.40 bits per heavy atom. The Morgan fingerprint density at radius 1 is 1.12 bits per heavy atom. The van der Waals surface area contributed by atoms with Gasteiger partial charge in [0.1, 0.15) is 11.5 Å². The summed E-state index contributed by atoms with van der Waals surface area (Å²) < 4.78 is 21.6. The second-order valence-corrected chi connectivity index (χ2v) is 5.92. The van der Waals surface area contributed by atoms with E-state index in [9.17, 15) is 9.59 Å². The Hall–Kier alpha value is -2.32. The molecule has 136 valence electrons. The molecule has 2 aliphatic rings. The molecule has 0 bridgehead atoms. The molecular formula is C17H22N2O6. The van der Waals surface area contributed by atoms with Crippen LogP contribution in [0.4, 0.5) is 5.69 Å². The maximum absolute atomic E-state index is 12.4. The molecular weight excluding hydrogens is 328 g/mol. The molecule has 0 aromatic heterocycles. The van der Waals surface area contributed by atoms with E-state index in [0.29, 0.717) is 56.3 Å². The lowest BCUT2D eigenvalue weighted by atomic mass is 10.0. The van der Waals surface area contributed by atoms with E-state index in [2.05, 4.69) is 5.32 Å². The summed E-state index contributed by atoms with van der Waals surface area (Å²) in [5, 5.41) is 2.60. The fraction of sp³-hybridized carbons (Fsp3) is 0.529. The highest BCUT2D eigenvalue weighted by Crippen LogP contribution is 2.32. The number of anilines is 1. The van der Waals surface area contributed by atoms with Crippen molar-refractivity contribution in [2.45, 2.75) is 18.6 Å². The quantitative estimate of drug-likeness (QED) is 0.819. The first-order valence-electron chi connectivity index (χ1n) is 8.17. The molecule has 1 N–H and O–H groups in total. The zero-order valence-corrected chi connectivity index (χ0v) is 14.4. The number of methoxy groups -OCH3 is 2. The fourth-order valence-corrected chi connectivity index (χ4v) is 3.07. The van der Waals surface area contributed by atoms with Crippen molar-refractivity contribution in [3.63, 3.8) is 0 Å². The number of carbonyl (C=O) groups excluding carboxylic acids is 2. The maximum atomic E-state index is 12.4. The van der Waals surface area contributed by atoms with Crippen LogP contribution in [0.15, 0.2) is 18.2 Å². The van der Waals surface area contributed by atoms with Crippen LogP contribution >= 0.6 is 0 Å². The van der Waals surface area contributed by atoms with E-state index >= 15 is 0 Å². The van der Waals surface area contributed by atoms with Crippen molar-refractivity contribution in [2.24, 2.45) is 0 Å². The lowest BCUT2D eigenvalue weighted by molar-refractivity contribution is -0.187. The van der Waals surface area contributed by atoms with Crippen molar-refractivity contribution in [1.82, 2.24) is 4.90 Å². The first-order chi connectivity index (χ1) is 12.1. The molecule has 0 radical (unpaired) electrons. The average Bonchev–Trinajstić information content (AvgIpc) is 3.09. The number of nitrogens with zero attached hydrogens (tertiary/aromatic N) is 1. The monoisotopic (exact) mass is 350 g/mol. The van der Waals surface area contributed by atoms with Gasteiger partial charge in [0.15, 0.2) is 5.79 Å². The second kappa shape index (κ2) is 7.28. The highest BCUT2D eigenvalue weighted by atomic mass is 16.7. The standard InChI is InChI=1S/C17H22N2O6/c1-22-12-3-4-14(23-2)13(11-12)18-15(20)16(21)19-7-5-17(6-8-19)24-9-10-25-17/h3-4,11H,5-10H2,1-2H3,(H,18,20). The number of rotatable bonds is 3. The lowest BCUT2D eigenvalue weighted by Crippen LogP contribution is -2.50. The van der Waals surface area contributed by atoms with Crippen LogP contribution in [0.2, 0.25) is 0 Å². The van der Waals surface area contributed by atoms with Gasteiger partial charge in [-0.15, -0.1) is 0 Å². The molecule has 2 aliphatic heterocycles. The highest BCUT2D eigenvalue weighted by molar-refractivity contribution is 6.39. The van der Waals surface area contributed by atoms with Crippen LogP contribution in [-0.4, -0.2) is 63.0 Å². The summed E-state index contributed by atoms with van der Waals surface area (Å²) in [6.07, 6.45) is 1.13. The Bertz CT molecular complexity index is 647. The van der Waals surface area contributed by atoms with Crippen molar-refractivity contribution in [3.8, 4) is 11.5 Å². The zero-order chi connectivity index (χ0) is 17.9. The topological polar surface area (TPSA) is 86.3 Å². The number of nitrogens with one attached hydrogen (secondary N) is 1. The first-order valence-corrected chi connectivity index (χ1v) is 8.17. The summed E-state index contributed by atoms with van der Waals surface area (Å²) in [4.78, 5) is 26.3. The molecule has 0 unspecified atom stereocenters. The molecule has 3 rings (SSSR count). The summed E-state index contributed by atoms with van der Waals surface area (Å²) in [5.41, 5.74) is 0.385. The van der Waals surface area contributed by atoms with Gasteiger partial charge in [-0.3, -0.25) is 9.59 Å². The van der Waals surface area contributed by atoms with Crippen molar-refractivity contribution < 1.29 is 28.5 Å². The number of piperidine rings is 1. The summed E-state index contributed by atoms with van der Waals surface area (Å²) >= 11 is 0. The van der Waals surface area contributed by atoms with Crippen LogP contribution in [0.5, 0.6) is 11.5 Å². The van der Waals surface area contributed by atoms with Gasteiger partial charge in [-0.05, 0) is 12.1 Å².